The van der Waals surface area contributed by atoms with Gasteiger partial charge in [0.25, 0.3) is 0 Å². The van der Waals surface area contributed by atoms with Crippen LogP contribution < -0.4 is 20.5 Å². The molecule has 0 radical (unpaired) electrons. The van der Waals surface area contributed by atoms with E-state index in [0.717, 1.165) is 0 Å². The molecule has 1 saturated carbocycles. The number of anilines is 2. The number of hydrogen-bond donors (Lipinski definition) is 4. The number of rotatable bonds is 22. The zero-order valence-electron chi connectivity index (χ0n) is 32.6. The molecule has 332 valence electrons. The normalized spacial score (nSPS) is 17.3. The van der Waals surface area contributed by atoms with Gasteiger partial charge in [0, 0.05) is 29.8 Å². The number of benzene rings is 3. The molecule has 0 bridgehead atoms. The molecule has 2 atom stereocenters. The van der Waals surface area contributed by atoms with Crippen molar-refractivity contribution in [1.29, 1.82) is 0 Å². The number of nitrogens with two attached hydrogens (primary N) is 1. The van der Waals surface area contributed by atoms with Gasteiger partial charge in [-0.3, -0.25) is 14.4 Å². The lowest BCUT2D eigenvalue weighted by Crippen LogP contribution is -2.59. The summed E-state index contributed by atoms with van der Waals surface area (Å²) in [5, 5.41) is 21.3. The third-order valence-electron chi connectivity index (χ3n) is 9.52. The van der Waals surface area contributed by atoms with Crippen LogP contribution in [0, 0.1) is 23.7 Å². The highest BCUT2D eigenvalue weighted by Gasteiger charge is 2.61. The fraction of sp³-hybridized carbons (Fsp3) is 0.357. The summed E-state index contributed by atoms with van der Waals surface area (Å²) >= 11 is 0. The van der Waals surface area contributed by atoms with Crippen LogP contribution in [0.15, 0.2) is 72.8 Å². The number of unbranched alkanes of at least 4 members (excludes halogenated alkanes) is 3. The molecule has 20 heteroatoms. The molecule has 5 N–H and O–H groups in total. The number of ether oxygens (including phenoxy) is 4. The maximum atomic E-state index is 13.0. The molecule has 0 saturated heterocycles. The molecule has 1 amide bonds. The summed E-state index contributed by atoms with van der Waals surface area (Å²) in [5.41, 5.74) is 6.61. The number of carbonyl (C=O) groups is 7. The molecule has 1 aliphatic rings. The van der Waals surface area contributed by atoms with Crippen molar-refractivity contribution in [3.05, 3.63) is 89.5 Å². The summed E-state index contributed by atoms with van der Waals surface area (Å²) in [6.45, 7) is -0.231. The Bertz CT molecular complexity index is 2100. The minimum atomic E-state index is -5.63. The van der Waals surface area contributed by atoms with Crippen molar-refractivity contribution in [3.8, 4) is 11.5 Å². The Kier molecular flexibility index (Phi) is 16.7. The molecule has 62 heavy (non-hydrogen) atoms. The fourth-order valence-corrected chi connectivity index (χ4v) is 6.30. The van der Waals surface area contributed by atoms with E-state index in [1.54, 1.807) is 12.1 Å². The SMILES string of the molecule is Nc1cc(NC(=O)C2C(C(=O)O)C(C=O)C2C(=O)O)cc(C(=O)OCCCCCCOC(=O)C=Cc2ccc(OC(=O)c3ccc(OCCCC(F)(F)C(F)(F)F)cc3)cc2)c1. The lowest BCUT2D eigenvalue weighted by Gasteiger charge is -2.43. The maximum Gasteiger partial charge on any atom is 0.453 e. The van der Waals surface area contributed by atoms with Gasteiger partial charge in [-0.25, -0.2) is 14.4 Å². The van der Waals surface area contributed by atoms with Crippen LogP contribution in [0.25, 0.3) is 6.08 Å². The Morgan fingerprint density at radius 3 is 1.87 bits per heavy atom. The first-order valence-corrected chi connectivity index (χ1v) is 18.9. The van der Waals surface area contributed by atoms with Crippen LogP contribution >= 0.6 is 0 Å². The van der Waals surface area contributed by atoms with Crippen molar-refractivity contribution in [2.24, 2.45) is 23.7 Å². The first-order valence-electron chi connectivity index (χ1n) is 18.9. The van der Waals surface area contributed by atoms with Gasteiger partial charge in [0.2, 0.25) is 5.91 Å². The molecule has 1 fully saturated rings. The van der Waals surface area contributed by atoms with Crippen molar-refractivity contribution < 1.29 is 84.7 Å². The monoisotopic (exact) mass is 876 g/mol. The molecule has 2 unspecified atom stereocenters. The smallest absolute Gasteiger partial charge is 0.453 e. The Labute approximate surface area is 349 Å². The molecule has 0 heterocycles. The quantitative estimate of drug-likeness (QED) is 0.0158. The van der Waals surface area contributed by atoms with E-state index in [-0.39, 0.29) is 60.1 Å². The molecule has 15 nitrogen and oxygen atoms in total. The van der Waals surface area contributed by atoms with Gasteiger partial charge in [-0.2, -0.15) is 22.0 Å². The van der Waals surface area contributed by atoms with E-state index in [0.29, 0.717) is 31.2 Å². The Morgan fingerprint density at radius 1 is 0.694 bits per heavy atom. The predicted octanol–water partition coefficient (Wildman–Crippen LogP) is 6.60. The molecule has 4 rings (SSSR count). The van der Waals surface area contributed by atoms with Gasteiger partial charge in [0.1, 0.15) is 17.8 Å². The first kappa shape index (κ1) is 47.8. The van der Waals surface area contributed by atoms with Gasteiger partial charge in [0.15, 0.2) is 0 Å². The number of nitrogens with one attached hydrogen (secondary N) is 1. The van der Waals surface area contributed by atoms with E-state index in [1.807, 2.05) is 0 Å². The number of amides is 1. The lowest BCUT2D eigenvalue weighted by atomic mass is 9.56. The number of esters is 3. The number of halogens is 5. The zero-order chi connectivity index (χ0) is 45.6. The molecule has 0 spiro atoms. The van der Waals surface area contributed by atoms with Crippen molar-refractivity contribution in [2.45, 2.75) is 50.6 Å². The highest BCUT2D eigenvalue weighted by molar-refractivity contribution is 6.03. The summed E-state index contributed by atoms with van der Waals surface area (Å²) in [6, 6.07) is 15.3. The Balaban J connectivity index is 1.10. The number of carboxylic acid groups (broad SMARTS) is 2. The van der Waals surface area contributed by atoms with E-state index < -0.39 is 84.4 Å². The van der Waals surface area contributed by atoms with Gasteiger partial charge in [-0.05, 0) is 98.3 Å². The topological polar surface area (TPSA) is 235 Å². The number of alkyl halides is 5. The largest absolute Gasteiger partial charge is 0.494 e. The molecule has 3 aromatic carbocycles. The van der Waals surface area contributed by atoms with Gasteiger partial charge < -0.3 is 45.0 Å². The average molecular weight is 877 g/mol. The maximum absolute atomic E-state index is 13.0. The molecule has 3 aromatic rings. The van der Waals surface area contributed by atoms with Crippen LogP contribution in [0.2, 0.25) is 0 Å². The van der Waals surface area contributed by atoms with Crippen LogP contribution in [0.5, 0.6) is 11.5 Å². The van der Waals surface area contributed by atoms with E-state index in [4.69, 9.17) is 24.7 Å². The van der Waals surface area contributed by atoms with Gasteiger partial charge in [-0.15, -0.1) is 0 Å². The van der Waals surface area contributed by atoms with E-state index in [2.05, 4.69) is 5.32 Å². The van der Waals surface area contributed by atoms with Gasteiger partial charge in [-0.1, -0.05) is 12.1 Å². The van der Waals surface area contributed by atoms with E-state index in [9.17, 15) is 65.7 Å². The summed E-state index contributed by atoms with van der Waals surface area (Å²) < 4.78 is 83.8. The number of hydrogen-bond acceptors (Lipinski definition) is 12. The Morgan fingerprint density at radius 2 is 1.29 bits per heavy atom. The molecular weight excluding hydrogens is 835 g/mol. The second-order valence-corrected chi connectivity index (χ2v) is 14.0. The molecular formula is C42H41F5N2O13. The first-order chi connectivity index (χ1) is 29.3. The minimum absolute atomic E-state index is 0.00562. The van der Waals surface area contributed by atoms with Crippen molar-refractivity contribution in [1.82, 2.24) is 0 Å². The van der Waals surface area contributed by atoms with E-state index in [1.165, 1.54) is 66.7 Å². The van der Waals surface area contributed by atoms with Gasteiger partial charge >= 0.3 is 41.9 Å². The van der Waals surface area contributed by atoms with Crippen molar-refractivity contribution in [3.63, 3.8) is 0 Å². The molecule has 1 aliphatic carbocycles. The highest BCUT2D eigenvalue weighted by Crippen LogP contribution is 2.46. The highest BCUT2D eigenvalue weighted by atomic mass is 19.4. The van der Waals surface area contributed by atoms with Crippen LogP contribution in [0.4, 0.5) is 33.3 Å². The van der Waals surface area contributed by atoms with Crippen LogP contribution in [0.1, 0.15) is 64.8 Å². The summed E-state index contributed by atoms with van der Waals surface area (Å²) in [6.07, 6.45) is -2.43. The summed E-state index contributed by atoms with van der Waals surface area (Å²) in [4.78, 5) is 84.7. The predicted molar refractivity (Wildman–Crippen MR) is 207 cm³/mol. The fourth-order valence-electron chi connectivity index (χ4n) is 6.30. The van der Waals surface area contributed by atoms with Crippen molar-refractivity contribution >= 4 is 59.5 Å². The second kappa shape index (κ2) is 21.6. The number of nitrogen functional groups attached to an aromatic ring is 1. The molecule has 0 aliphatic heterocycles. The summed E-state index contributed by atoms with van der Waals surface area (Å²) in [7, 11) is 0. The number of carbonyl (C=O) groups excluding carboxylic acids is 5. The number of aliphatic carboxylic acids is 2. The third-order valence-corrected chi connectivity index (χ3v) is 9.52. The number of aldehydes is 1. The van der Waals surface area contributed by atoms with Crippen LogP contribution in [-0.2, 0) is 33.4 Å². The second-order valence-electron chi connectivity index (χ2n) is 14.0. The minimum Gasteiger partial charge on any atom is -0.494 e. The van der Waals surface area contributed by atoms with Crippen LogP contribution in [-0.4, -0.2) is 84.2 Å². The average Bonchev–Trinajstić information content (AvgIpc) is 3.19. The molecule has 0 aromatic heterocycles. The Hall–Kier alpha value is -6.86. The standard InChI is InChI=1S/C42H41F5N2O13/c43-41(44,42(45,46)47)16-5-19-59-29-13-9-25(10-14-29)40(58)62-30-11-6-24(7-12-30)8-15-32(51)60-17-3-1-2-4-18-61-39(57)26-20-27(48)22-28(21-26)49-36(52)35-33(37(53)54)31(23-50)34(35)38(55)56/h6-15,20-23,31,33-35H,1-5,16-19,48H2,(H,49,52)(H,53,54)(H,55,56). The third kappa shape index (κ3) is 13.3. The van der Waals surface area contributed by atoms with E-state index >= 15 is 0 Å². The van der Waals surface area contributed by atoms with Crippen molar-refractivity contribution in [2.75, 3.05) is 30.9 Å². The van der Waals surface area contributed by atoms with Gasteiger partial charge in [0.05, 0.1) is 48.7 Å². The zero-order valence-corrected chi connectivity index (χ0v) is 32.6. The summed E-state index contributed by atoms with van der Waals surface area (Å²) in [5.74, 6) is -16.5. The van der Waals surface area contributed by atoms with Crippen LogP contribution in [0.3, 0.4) is 0 Å². The number of carboxylic acids is 2. The lowest BCUT2D eigenvalue weighted by molar-refractivity contribution is -0.284.